The van der Waals surface area contributed by atoms with Crippen LogP contribution in [0.5, 0.6) is 0 Å². The average molecular weight is 265 g/mol. The first-order valence-corrected chi connectivity index (χ1v) is 6.08. The first-order chi connectivity index (χ1) is 9.15. The van der Waals surface area contributed by atoms with Gasteiger partial charge < -0.3 is 10.1 Å². The van der Waals surface area contributed by atoms with E-state index in [0.29, 0.717) is 5.69 Å². The number of nitrogens with zero attached hydrogens (tertiary/aromatic N) is 1. The Hall–Kier alpha value is -2.15. The standard InChI is InChI=1S/C12H15N3O4/c16-12(19-11-5-7-13-8-6-11)14-9-1-3-10(4-2-9)15(17)18/h1-4,11,13H,5-8H2,(H,14,16). The van der Waals surface area contributed by atoms with Crippen LogP contribution >= 0.6 is 0 Å². The molecule has 1 aromatic carbocycles. The van der Waals surface area contributed by atoms with Gasteiger partial charge in [-0.15, -0.1) is 0 Å². The number of ether oxygens (including phenoxy) is 1. The van der Waals surface area contributed by atoms with Gasteiger partial charge in [0.15, 0.2) is 0 Å². The smallest absolute Gasteiger partial charge is 0.411 e. The van der Waals surface area contributed by atoms with E-state index >= 15 is 0 Å². The number of non-ortho nitro benzene ring substituents is 1. The summed E-state index contributed by atoms with van der Waals surface area (Å²) in [5.41, 5.74) is 0.460. The summed E-state index contributed by atoms with van der Waals surface area (Å²) in [5.74, 6) is 0. The second-order valence-corrected chi connectivity index (χ2v) is 4.28. The van der Waals surface area contributed by atoms with Gasteiger partial charge in [0, 0.05) is 17.8 Å². The van der Waals surface area contributed by atoms with Gasteiger partial charge in [0.05, 0.1) is 4.92 Å². The summed E-state index contributed by atoms with van der Waals surface area (Å²) in [4.78, 5) is 21.6. The van der Waals surface area contributed by atoms with Crippen molar-refractivity contribution in [3.8, 4) is 0 Å². The van der Waals surface area contributed by atoms with Crippen molar-refractivity contribution in [3.63, 3.8) is 0 Å². The highest BCUT2D eigenvalue weighted by atomic mass is 16.6. The molecule has 2 N–H and O–H groups in total. The molecule has 7 nitrogen and oxygen atoms in total. The average Bonchev–Trinajstić information content (AvgIpc) is 2.40. The van der Waals surface area contributed by atoms with Gasteiger partial charge in [-0.05, 0) is 38.1 Å². The molecule has 0 radical (unpaired) electrons. The third-order valence-corrected chi connectivity index (χ3v) is 2.88. The molecule has 0 aromatic heterocycles. The van der Waals surface area contributed by atoms with Gasteiger partial charge in [-0.1, -0.05) is 0 Å². The molecule has 0 unspecified atom stereocenters. The predicted octanol–water partition coefficient (Wildman–Crippen LogP) is 1.90. The highest BCUT2D eigenvalue weighted by molar-refractivity contribution is 5.84. The lowest BCUT2D eigenvalue weighted by Crippen LogP contribution is -2.34. The number of carbonyl (C=O) groups excluding carboxylic acids is 1. The second kappa shape index (κ2) is 6.14. The van der Waals surface area contributed by atoms with Gasteiger partial charge in [-0.25, -0.2) is 4.79 Å². The van der Waals surface area contributed by atoms with Crippen molar-refractivity contribution in [1.29, 1.82) is 0 Å². The summed E-state index contributed by atoms with van der Waals surface area (Å²) in [5, 5.41) is 16.2. The van der Waals surface area contributed by atoms with Crippen LogP contribution in [0.3, 0.4) is 0 Å². The SMILES string of the molecule is O=C(Nc1ccc([N+](=O)[O-])cc1)OC1CCNCC1. The summed E-state index contributed by atoms with van der Waals surface area (Å²) >= 11 is 0. The maximum atomic E-state index is 11.6. The quantitative estimate of drug-likeness (QED) is 0.643. The topological polar surface area (TPSA) is 93.5 Å². The Balaban J connectivity index is 1.85. The molecule has 2 rings (SSSR count). The number of benzene rings is 1. The van der Waals surface area contributed by atoms with Crippen LogP contribution < -0.4 is 10.6 Å². The van der Waals surface area contributed by atoms with E-state index in [9.17, 15) is 14.9 Å². The van der Waals surface area contributed by atoms with Crippen molar-refractivity contribution < 1.29 is 14.5 Å². The molecular formula is C12H15N3O4. The number of rotatable bonds is 3. The summed E-state index contributed by atoms with van der Waals surface area (Å²) < 4.78 is 5.25. The first-order valence-electron chi connectivity index (χ1n) is 6.08. The van der Waals surface area contributed by atoms with Crippen LogP contribution in [0.2, 0.25) is 0 Å². The fraction of sp³-hybridized carbons (Fsp3) is 0.417. The molecule has 1 aliphatic rings. The van der Waals surface area contributed by atoms with Crippen LogP contribution in [0.4, 0.5) is 16.2 Å². The lowest BCUT2D eigenvalue weighted by molar-refractivity contribution is -0.384. The summed E-state index contributed by atoms with van der Waals surface area (Å²) in [6.07, 6.45) is 1.00. The molecule has 1 heterocycles. The Bertz CT molecular complexity index is 455. The minimum absolute atomic E-state index is 0.0164. The van der Waals surface area contributed by atoms with Crippen LogP contribution in [0, 0.1) is 10.1 Å². The van der Waals surface area contributed by atoms with E-state index < -0.39 is 11.0 Å². The van der Waals surface area contributed by atoms with Crippen LogP contribution in [0.15, 0.2) is 24.3 Å². The van der Waals surface area contributed by atoms with Crippen LogP contribution in [0.1, 0.15) is 12.8 Å². The molecule has 1 aromatic rings. The Labute approximate surface area is 110 Å². The van der Waals surface area contributed by atoms with Crippen molar-refractivity contribution in [1.82, 2.24) is 5.32 Å². The number of carbonyl (C=O) groups is 1. The molecule has 0 spiro atoms. The fourth-order valence-electron chi connectivity index (χ4n) is 1.88. The predicted molar refractivity (Wildman–Crippen MR) is 69.1 cm³/mol. The summed E-state index contributed by atoms with van der Waals surface area (Å²) in [6, 6.07) is 5.62. The number of nitro groups is 1. The van der Waals surface area contributed by atoms with Gasteiger partial charge in [-0.3, -0.25) is 15.4 Å². The Morgan fingerprint density at radius 1 is 1.32 bits per heavy atom. The zero-order valence-electron chi connectivity index (χ0n) is 10.3. The van der Waals surface area contributed by atoms with E-state index in [4.69, 9.17) is 4.74 Å². The number of hydrogen-bond donors (Lipinski definition) is 2. The minimum atomic E-state index is -0.527. The third kappa shape index (κ3) is 3.92. The highest BCUT2D eigenvalue weighted by Gasteiger charge is 2.17. The lowest BCUT2D eigenvalue weighted by Gasteiger charge is -2.22. The number of hydrogen-bond acceptors (Lipinski definition) is 5. The number of piperidine rings is 1. The zero-order valence-corrected chi connectivity index (χ0v) is 10.3. The second-order valence-electron chi connectivity index (χ2n) is 4.28. The van der Waals surface area contributed by atoms with E-state index in [1.165, 1.54) is 24.3 Å². The largest absolute Gasteiger partial charge is 0.446 e. The van der Waals surface area contributed by atoms with E-state index in [2.05, 4.69) is 10.6 Å². The molecule has 0 bridgehead atoms. The number of anilines is 1. The minimum Gasteiger partial charge on any atom is -0.446 e. The molecule has 0 saturated carbocycles. The molecule has 1 aliphatic heterocycles. The van der Waals surface area contributed by atoms with Crippen molar-refractivity contribution in [2.75, 3.05) is 18.4 Å². The molecule has 102 valence electrons. The molecule has 7 heteroatoms. The molecule has 19 heavy (non-hydrogen) atoms. The fourth-order valence-corrected chi connectivity index (χ4v) is 1.88. The maximum Gasteiger partial charge on any atom is 0.411 e. The Morgan fingerprint density at radius 2 is 1.95 bits per heavy atom. The molecule has 0 aliphatic carbocycles. The molecule has 1 amide bonds. The van der Waals surface area contributed by atoms with E-state index in [-0.39, 0.29) is 11.8 Å². The van der Waals surface area contributed by atoms with E-state index in [0.717, 1.165) is 25.9 Å². The molecule has 0 atom stereocenters. The number of nitro benzene ring substituents is 1. The summed E-state index contributed by atoms with van der Waals surface area (Å²) in [6.45, 7) is 1.69. The molecule has 1 fully saturated rings. The summed E-state index contributed by atoms with van der Waals surface area (Å²) in [7, 11) is 0. The Kier molecular flexibility index (Phi) is 4.30. The van der Waals surface area contributed by atoms with Gasteiger partial charge in [0.1, 0.15) is 6.10 Å². The van der Waals surface area contributed by atoms with Crippen LogP contribution in [-0.4, -0.2) is 30.2 Å². The highest BCUT2D eigenvalue weighted by Crippen LogP contribution is 2.16. The van der Waals surface area contributed by atoms with Gasteiger partial charge in [0.25, 0.3) is 5.69 Å². The van der Waals surface area contributed by atoms with Crippen molar-refractivity contribution in [2.45, 2.75) is 18.9 Å². The first kappa shape index (κ1) is 13.3. The van der Waals surface area contributed by atoms with Crippen molar-refractivity contribution in [2.24, 2.45) is 0 Å². The maximum absolute atomic E-state index is 11.6. The number of amides is 1. The number of nitrogens with one attached hydrogen (secondary N) is 2. The van der Waals surface area contributed by atoms with Crippen molar-refractivity contribution in [3.05, 3.63) is 34.4 Å². The van der Waals surface area contributed by atoms with Crippen LogP contribution in [-0.2, 0) is 4.74 Å². The van der Waals surface area contributed by atoms with Gasteiger partial charge >= 0.3 is 6.09 Å². The van der Waals surface area contributed by atoms with Gasteiger partial charge in [0.2, 0.25) is 0 Å². The normalized spacial score (nSPS) is 15.8. The third-order valence-electron chi connectivity index (χ3n) is 2.88. The van der Waals surface area contributed by atoms with Crippen LogP contribution in [0.25, 0.3) is 0 Å². The lowest BCUT2D eigenvalue weighted by atomic mass is 10.1. The van der Waals surface area contributed by atoms with Gasteiger partial charge in [-0.2, -0.15) is 0 Å². The van der Waals surface area contributed by atoms with Crippen molar-refractivity contribution >= 4 is 17.5 Å². The Morgan fingerprint density at radius 3 is 2.53 bits per heavy atom. The van der Waals surface area contributed by atoms with E-state index in [1.54, 1.807) is 0 Å². The van der Waals surface area contributed by atoms with E-state index in [1.807, 2.05) is 0 Å². The molecule has 1 saturated heterocycles. The monoisotopic (exact) mass is 265 g/mol. The molecular weight excluding hydrogens is 250 g/mol. The zero-order chi connectivity index (χ0) is 13.7.